The zero-order chi connectivity index (χ0) is 17.2. The molecule has 0 atom stereocenters. The SMILES string of the molecule is O=C1c2ccccc2C(=O)N1c1ccc(OCc2ccccc2)cc1. The number of imide groups is 1. The quantitative estimate of drug-likeness (QED) is 0.678. The van der Waals surface area contributed by atoms with Crippen LogP contribution in [-0.2, 0) is 6.61 Å². The molecule has 1 aliphatic rings. The second kappa shape index (κ2) is 6.24. The largest absolute Gasteiger partial charge is 0.489 e. The molecule has 0 aromatic heterocycles. The van der Waals surface area contributed by atoms with E-state index in [-0.39, 0.29) is 11.8 Å². The highest BCUT2D eigenvalue weighted by atomic mass is 16.5. The first-order valence-electron chi connectivity index (χ1n) is 7.98. The Hall–Kier alpha value is -3.40. The fourth-order valence-electron chi connectivity index (χ4n) is 2.86. The van der Waals surface area contributed by atoms with Crippen molar-refractivity contribution in [2.75, 3.05) is 4.90 Å². The third-order valence-corrected chi connectivity index (χ3v) is 4.14. The third-order valence-electron chi connectivity index (χ3n) is 4.14. The Morgan fingerprint density at radius 3 is 1.84 bits per heavy atom. The van der Waals surface area contributed by atoms with Gasteiger partial charge in [-0.25, -0.2) is 4.90 Å². The maximum atomic E-state index is 12.5. The van der Waals surface area contributed by atoms with E-state index in [1.807, 2.05) is 30.3 Å². The monoisotopic (exact) mass is 329 g/mol. The molecule has 1 heterocycles. The molecule has 4 rings (SSSR count). The van der Waals surface area contributed by atoms with Crippen molar-refractivity contribution in [3.63, 3.8) is 0 Å². The lowest BCUT2D eigenvalue weighted by Crippen LogP contribution is -2.29. The minimum absolute atomic E-state index is 0.293. The summed E-state index contributed by atoms with van der Waals surface area (Å²) < 4.78 is 5.74. The Bertz CT molecular complexity index is 898. The molecule has 0 fully saturated rings. The van der Waals surface area contributed by atoms with Gasteiger partial charge in [0.05, 0.1) is 16.8 Å². The second-order valence-electron chi connectivity index (χ2n) is 5.76. The van der Waals surface area contributed by atoms with Gasteiger partial charge in [0.25, 0.3) is 11.8 Å². The maximum Gasteiger partial charge on any atom is 0.266 e. The number of rotatable bonds is 4. The topological polar surface area (TPSA) is 46.6 Å². The van der Waals surface area contributed by atoms with Crippen molar-refractivity contribution >= 4 is 17.5 Å². The van der Waals surface area contributed by atoms with E-state index in [0.29, 0.717) is 29.2 Å². The predicted molar refractivity (Wildman–Crippen MR) is 94.8 cm³/mol. The number of hydrogen-bond donors (Lipinski definition) is 0. The number of hydrogen-bond acceptors (Lipinski definition) is 3. The zero-order valence-corrected chi connectivity index (χ0v) is 13.4. The molecule has 0 saturated heterocycles. The Balaban J connectivity index is 1.51. The van der Waals surface area contributed by atoms with Gasteiger partial charge in [-0.2, -0.15) is 0 Å². The number of benzene rings is 3. The zero-order valence-electron chi connectivity index (χ0n) is 13.4. The number of amides is 2. The summed E-state index contributed by atoms with van der Waals surface area (Å²) in [7, 11) is 0. The van der Waals surface area contributed by atoms with E-state index in [2.05, 4.69) is 0 Å². The highest BCUT2D eigenvalue weighted by Crippen LogP contribution is 2.29. The van der Waals surface area contributed by atoms with Gasteiger partial charge in [0, 0.05) is 0 Å². The van der Waals surface area contributed by atoms with E-state index < -0.39 is 0 Å². The molecule has 0 radical (unpaired) electrons. The van der Waals surface area contributed by atoms with E-state index in [4.69, 9.17) is 4.74 Å². The standard InChI is InChI=1S/C21H15NO3/c23-20-18-8-4-5-9-19(18)21(24)22(20)16-10-12-17(13-11-16)25-14-15-6-2-1-3-7-15/h1-13H,14H2. The highest BCUT2D eigenvalue weighted by molar-refractivity contribution is 6.34. The fourth-order valence-corrected chi connectivity index (χ4v) is 2.86. The summed E-state index contributed by atoms with van der Waals surface area (Å²) in [5.41, 5.74) is 2.50. The summed E-state index contributed by atoms with van der Waals surface area (Å²) in [6.45, 7) is 0.465. The van der Waals surface area contributed by atoms with E-state index >= 15 is 0 Å². The van der Waals surface area contributed by atoms with Gasteiger partial charge in [-0.15, -0.1) is 0 Å². The molecule has 0 saturated carbocycles. The maximum absolute atomic E-state index is 12.5. The van der Waals surface area contributed by atoms with Crippen LogP contribution in [0.1, 0.15) is 26.3 Å². The van der Waals surface area contributed by atoms with Crippen molar-refractivity contribution < 1.29 is 14.3 Å². The van der Waals surface area contributed by atoms with Gasteiger partial charge >= 0.3 is 0 Å². The fraction of sp³-hybridized carbons (Fsp3) is 0.0476. The summed E-state index contributed by atoms with van der Waals surface area (Å²) in [4.78, 5) is 26.2. The predicted octanol–water partition coefficient (Wildman–Crippen LogP) is 4.07. The van der Waals surface area contributed by atoms with Crippen molar-refractivity contribution in [2.45, 2.75) is 6.61 Å². The van der Waals surface area contributed by atoms with Gasteiger partial charge in [0.2, 0.25) is 0 Å². The van der Waals surface area contributed by atoms with Gasteiger partial charge in [-0.05, 0) is 42.0 Å². The van der Waals surface area contributed by atoms with Crippen LogP contribution in [0.2, 0.25) is 0 Å². The van der Waals surface area contributed by atoms with Gasteiger partial charge < -0.3 is 4.74 Å². The summed E-state index contributed by atoms with van der Waals surface area (Å²) in [6.07, 6.45) is 0. The molecular weight excluding hydrogens is 314 g/mol. The van der Waals surface area contributed by atoms with Crippen LogP contribution in [0.25, 0.3) is 0 Å². The van der Waals surface area contributed by atoms with Crippen LogP contribution < -0.4 is 9.64 Å². The van der Waals surface area contributed by atoms with Crippen LogP contribution in [0.4, 0.5) is 5.69 Å². The van der Waals surface area contributed by atoms with Crippen molar-refractivity contribution in [3.8, 4) is 5.75 Å². The first kappa shape index (κ1) is 15.1. The first-order valence-corrected chi connectivity index (χ1v) is 7.98. The molecule has 1 aliphatic heterocycles. The molecule has 0 bridgehead atoms. The van der Waals surface area contributed by atoms with Crippen molar-refractivity contribution in [1.29, 1.82) is 0 Å². The van der Waals surface area contributed by atoms with E-state index in [9.17, 15) is 9.59 Å². The van der Waals surface area contributed by atoms with Crippen molar-refractivity contribution in [1.82, 2.24) is 0 Å². The molecule has 25 heavy (non-hydrogen) atoms. The normalized spacial score (nSPS) is 13.0. The minimum atomic E-state index is -0.293. The summed E-state index contributed by atoms with van der Waals surface area (Å²) in [6, 6.07) is 23.7. The van der Waals surface area contributed by atoms with Crippen LogP contribution in [0.3, 0.4) is 0 Å². The smallest absolute Gasteiger partial charge is 0.266 e. The lowest BCUT2D eigenvalue weighted by Gasteiger charge is -2.14. The molecule has 4 nitrogen and oxygen atoms in total. The lowest BCUT2D eigenvalue weighted by atomic mass is 10.1. The Labute approximate surface area is 145 Å². The van der Waals surface area contributed by atoms with Gasteiger partial charge in [-0.3, -0.25) is 9.59 Å². The summed E-state index contributed by atoms with van der Waals surface area (Å²) >= 11 is 0. The van der Waals surface area contributed by atoms with E-state index in [1.165, 1.54) is 4.90 Å². The second-order valence-corrected chi connectivity index (χ2v) is 5.76. The van der Waals surface area contributed by atoms with Crippen LogP contribution >= 0.6 is 0 Å². The molecule has 2 amide bonds. The van der Waals surface area contributed by atoms with E-state index in [1.54, 1.807) is 48.5 Å². The van der Waals surface area contributed by atoms with Gasteiger partial charge in [0.1, 0.15) is 12.4 Å². The molecule has 3 aromatic carbocycles. The first-order chi connectivity index (χ1) is 12.2. The number of ether oxygens (including phenoxy) is 1. The van der Waals surface area contributed by atoms with E-state index in [0.717, 1.165) is 5.56 Å². The molecule has 0 spiro atoms. The van der Waals surface area contributed by atoms with Crippen LogP contribution in [0, 0.1) is 0 Å². The Kier molecular flexibility index (Phi) is 3.78. The van der Waals surface area contributed by atoms with Crippen LogP contribution in [-0.4, -0.2) is 11.8 Å². The van der Waals surface area contributed by atoms with Gasteiger partial charge in [-0.1, -0.05) is 42.5 Å². The molecule has 122 valence electrons. The van der Waals surface area contributed by atoms with Crippen molar-refractivity contribution in [2.24, 2.45) is 0 Å². The molecular formula is C21H15NO3. The molecule has 3 aromatic rings. The average Bonchev–Trinajstić information content (AvgIpc) is 2.93. The summed E-state index contributed by atoms with van der Waals surface area (Å²) in [5, 5.41) is 0. The van der Waals surface area contributed by atoms with Crippen LogP contribution in [0.15, 0.2) is 78.9 Å². The molecule has 0 N–H and O–H groups in total. The molecule has 4 heteroatoms. The Morgan fingerprint density at radius 1 is 0.680 bits per heavy atom. The number of carbonyl (C=O) groups excluding carboxylic acids is 2. The minimum Gasteiger partial charge on any atom is -0.489 e. The lowest BCUT2D eigenvalue weighted by molar-refractivity contribution is 0.0926. The average molecular weight is 329 g/mol. The van der Waals surface area contributed by atoms with Crippen molar-refractivity contribution in [3.05, 3.63) is 95.6 Å². The van der Waals surface area contributed by atoms with Gasteiger partial charge in [0.15, 0.2) is 0 Å². The third kappa shape index (κ3) is 2.78. The molecule has 0 unspecified atom stereocenters. The number of fused-ring (bicyclic) bond motifs is 1. The summed E-state index contributed by atoms with van der Waals surface area (Å²) in [5.74, 6) is 0.0984. The molecule has 0 aliphatic carbocycles. The number of nitrogens with zero attached hydrogens (tertiary/aromatic N) is 1. The number of carbonyl (C=O) groups is 2. The Morgan fingerprint density at radius 2 is 1.24 bits per heavy atom. The number of anilines is 1. The highest BCUT2D eigenvalue weighted by Gasteiger charge is 2.36. The van der Waals surface area contributed by atoms with Crippen LogP contribution in [0.5, 0.6) is 5.75 Å².